The lowest BCUT2D eigenvalue weighted by Crippen LogP contribution is -2.28. The Morgan fingerprint density at radius 1 is 1.54 bits per heavy atom. The van der Waals surface area contributed by atoms with E-state index in [1.807, 2.05) is 0 Å². The number of hydrogen-bond donors (Lipinski definition) is 0. The first-order valence-electron chi connectivity index (χ1n) is 4.69. The number of hydrogen-bond acceptors (Lipinski definition) is 3. The van der Waals surface area contributed by atoms with Gasteiger partial charge in [-0.1, -0.05) is 6.58 Å². The Balaban J connectivity index is 1.90. The number of carbonyl (C=O) groups excluding carboxylic acids is 1. The van der Waals surface area contributed by atoms with E-state index in [1.165, 1.54) is 0 Å². The zero-order valence-electron chi connectivity index (χ0n) is 7.79. The van der Waals surface area contributed by atoms with Crippen molar-refractivity contribution in [1.82, 2.24) is 0 Å². The van der Waals surface area contributed by atoms with Crippen LogP contribution in [0.5, 0.6) is 0 Å². The molecule has 0 spiro atoms. The Morgan fingerprint density at radius 3 is 2.77 bits per heavy atom. The molecule has 2 bridgehead atoms. The first-order chi connectivity index (χ1) is 6.16. The molecule has 0 N–H and O–H groups in total. The van der Waals surface area contributed by atoms with Crippen LogP contribution in [0.4, 0.5) is 0 Å². The quantitative estimate of drug-likeness (QED) is 0.478. The molecule has 0 aromatic carbocycles. The van der Waals surface area contributed by atoms with Gasteiger partial charge in [0.2, 0.25) is 0 Å². The number of carbonyl (C=O) groups is 1. The second kappa shape index (κ2) is 3.14. The van der Waals surface area contributed by atoms with Crippen LogP contribution in [0, 0.1) is 0 Å². The molecule has 2 aliphatic heterocycles. The molecule has 3 atom stereocenters. The molecular formula is C10H14O3. The lowest BCUT2D eigenvalue weighted by atomic mass is 9.98. The molecule has 2 heterocycles. The SMILES string of the molecule is C=C(C)C(=O)OC1CC2CCC1O2. The second-order valence-corrected chi connectivity index (χ2v) is 3.83. The van der Waals surface area contributed by atoms with Gasteiger partial charge in [0.25, 0.3) is 0 Å². The highest BCUT2D eigenvalue weighted by molar-refractivity contribution is 5.87. The molecule has 13 heavy (non-hydrogen) atoms. The molecule has 2 fully saturated rings. The Morgan fingerprint density at radius 2 is 2.31 bits per heavy atom. The van der Waals surface area contributed by atoms with E-state index in [2.05, 4.69) is 6.58 Å². The standard InChI is InChI=1S/C10H14O3/c1-6(2)10(11)13-9-5-7-3-4-8(9)12-7/h7-9H,1,3-5H2,2H3. The van der Waals surface area contributed by atoms with Gasteiger partial charge >= 0.3 is 5.97 Å². The van der Waals surface area contributed by atoms with E-state index >= 15 is 0 Å². The van der Waals surface area contributed by atoms with E-state index in [0.717, 1.165) is 19.3 Å². The molecular weight excluding hydrogens is 168 g/mol. The monoisotopic (exact) mass is 182 g/mol. The minimum absolute atomic E-state index is 0.0250. The van der Waals surface area contributed by atoms with Crippen molar-refractivity contribution in [2.24, 2.45) is 0 Å². The molecule has 2 rings (SSSR count). The predicted octanol–water partition coefficient (Wildman–Crippen LogP) is 1.43. The topological polar surface area (TPSA) is 35.5 Å². The van der Waals surface area contributed by atoms with Gasteiger partial charge in [-0.3, -0.25) is 0 Å². The van der Waals surface area contributed by atoms with Crippen LogP contribution < -0.4 is 0 Å². The summed E-state index contributed by atoms with van der Waals surface area (Å²) >= 11 is 0. The molecule has 0 radical (unpaired) electrons. The van der Waals surface area contributed by atoms with E-state index in [1.54, 1.807) is 6.92 Å². The van der Waals surface area contributed by atoms with E-state index < -0.39 is 0 Å². The summed E-state index contributed by atoms with van der Waals surface area (Å²) in [6.45, 7) is 5.21. The summed E-state index contributed by atoms with van der Waals surface area (Å²) < 4.78 is 10.8. The molecule has 0 aromatic rings. The van der Waals surface area contributed by atoms with Gasteiger partial charge < -0.3 is 9.47 Å². The summed E-state index contributed by atoms with van der Waals surface area (Å²) in [5, 5.41) is 0. The highest BCUT2D eigenvalue weighted by Crippen LogP contribution is 2.36. The molecule has 3 nitrogen and oxygen atoms in total. The van der Waals surface area contributed by atoms with Crippen molar-refractivity contribution in [2.45, 2.75) is 44.5 Å². The highest BCUT2D eigenvalue weighted by atomic mass is 16.6. The van der Waals surface area contributed by atoms with Crippen LogP contribution >= 0.6 is 0 Å². The summed E-state index contributed by atoms with van der Waals surface area (Å²) in [5.74, 6) is -0.291. The van der Waals surface area contributed by atoms with Gasteiger partial charge in [0.1, 0.15) is 6.10 Å². The van der Waals surface area contributed by atoms with E-state index in [0.29, 0.717) is 11.7 Å². The third kappa shape index (κ3) is 1.61. The summed E-state index contributed by atoms with van der Waals surface area (Å²) in [6.07, 6.45) is 3.46. The lowest BCUT2D eigenvalue weighted by molar-refractivity contribution is -0.146. The minimum atomic E-state index is -0.291. The fraction of sp³-hybridized carbons (Fsp3) is 0.700. The third-order valence-electron chi connectivity index (χ3n) is 2.66. The third-order valence-corrected chi connectivity index (χ3v) is 2.66. The zero-order valence-corrected chi connectivity index (χ0v) is 7.79. The summed E-state index contributed by atoms with van der Waals surface area (Å²) in [4.78, 5) is 11.2. The molecule has 0 aliphatic carbocycles. The Kier molecular flexibility index (Phi) is 2.12. The van der Waals surface area contributed by atoms with Crippen molar-refractivity contribution in [1.29, 1.82) is 0 Å². The Bertz CT molecular complexity index is 247. The van der Waals surface area contributed by atoms with Crippen LogP contribution in [0.2, 0.25) is 0 Å². The van der Waals surface area contributed by atoms with Gasteiger partial charge in [0.15, 0.2) is 0 Å². The van der Waals surface area contributed by atoms with Gasteiger partial charge in [0.05, 0.1) is 12.2 Å². The van der Waals surface area contributed by atoms with Crippen molar-refractivity contribution >= 4 is 5.97 Å². The molecule has 2 aliphatic rings. The molecule has 0 saturated carbocycles. The summed E-state index contributed by atoms with van der Waals surface area (Å²) in [5.41, 5.74) is 0.461. The van der Waals surface area contributed by atoms with Gasteiger partial charge in [-0.15, -0.1) is 0 Å². The largest absolute Gasteiger partial charge is 0.456 e. The summed E-state index contributed by atoms with van der Waals surface area (Å²) in [6, 6.07) is 0. The van der Waals surface area contributed by atoms with Crippen LogP contribution in [0.15, 0.2) is 12.2 Å². The second-order valence-electron chi connectivity index (χ2n) is 3.83. The predicted molar refractivity (Wildman–Crippen MR) is 47.2 cm³/mol. The molecule has 0 aromatic heterocycles. The number of fused-ring (bicyclic) bond motifs is 2. The minimum Gasteiger partial charge on any atom is -0.456 e. The van der Waals surface area contributed by atoms with Gasteiger partial charge in [0, 0.05) is 12.0 Å². The van der Waals surface area contributed by atoms with E-state index in [-0.39, 0.29) is 18.2 Å². The number of ether oxygens (including phenoxy) is 2. The average molecular weight is 182 g/mol. The van der Waals surface area contributed by atoms with Crippen LogP contribution in [0.3, 0.4) is 0 Å². The van der Waals surface area contributed by atoms with Crippen LogP contribution in [-0.2, 0) is 14.3 Å². The van der Waals surface area contributed by atoms with Crippen LogP contribution in [0.1, 0.15) is 26.2 Å². The van der Waals surface area contributed by atoms with Crippen molar-refractivity contribution < 1.29 is 14.3 Å². The van der Waals surface area contributed by atoms with Gasteiger partial charge in [-0.2, -0.15) is 0 Å². The van der Waals surface area contributed by atoms with E-state index in [9.17, 15) is 4.79 Å². The molecule has 0 amide bonds. The first kappa shape index (κ1) is 8.75. The fourth-order valence-electron chi connectivity index (χ4n) is 1.95. The maximum absolute atomic E-state index is 11.2. The van der Waals surface area contributed by atoms with Crippen molar-refractivity contribution in [3.63, 3.8) is 0 Å². The maximum atomic E-state index is 11.2. The van der Waals surface area contributed by atoms with Crippen molar-refractivity contribution in [3.05, 3.63) is 12.2 Å². The normalized spacial score (nSPS) is 36.2. The first-order valence-corrected chi connectivity index (χ1v) is 4.69. The Hall–Kier alpha value is -0.830. The van der Waals surface area contributed by atoms with Gasteiger partial charge in [-0.25, -0.2) is 4.79 Å². The molecule has 3 heteroatoms. The highest BCUT2D eigenvalue weighted by Gasteiger charge is 2.42. The summed E-state index contributed by atoms with van der Waals surface area (Å²) in [7, 11) is 0. The van der Waals surface area contributed by atoms with Crippen LogP contribution in [-0.4, -0.2) is 24.3 Å². The van der Waals surface area contributed by atoms with Gasteiger partial charge in [-0.05, 0) is 19.8 Å². The van der Waals surface area contributed by atoms with Crippen molar-refractivity contribution in [2.75, 3.05) is 0 Å². The number of esters is 1. The van der Waals surface area contributed by atoms with Crippen LogP contribution in [0.25, 0.3) is 0 Å². The molecule has 72 valence electrons. The number of rotatable bonds is 2. The van der Waals surface area contributed by atoms with E-state index in [4.69, 9.17) is 9.47 Å². The molecule has 2 saturated heterocycles. The Labute approximate surface area is 77.7 Å². The lowest BCUT2D eigenvalue weighted by Gasteiger charge is -2.18. The van der Waals surface area contributed by atoms with Crippen molar-refractivity contribution in [3.8, 4) is 0 Å². The fourth-order valence-corrected chi connectivity index (χ4v) is 1.95. The maximum Gasteiger partial charge on any atom is 0.333 e. The zero-order chi connectivity index (χ0) is 9.42. The average Bonchev–Trinajstić information content (AvgIpc) is 2.64. The smallest absolute Gasteiger partial charge is 0.333 e. The molecule has 3 unspecified atom stereocenters.